The van der Waals surface area contributed by atoms with Gasteiger partial charge in [0.05, 0.1) is 18.4 Å². The summed E-state index contributed by atoms with van der Waals surface area (Å²) in [7, 11) is 0. The minimum atomic E-state index is -0.410. The molecule has 2 heterocycles. The zero-order valence-electron chi connectivity index (χ0n) is 21.0. The van der Waals surface area contributed by atoms with Gasteiger partial charge >= 0.3 is 0 Å². The highest BCUT2D eigenvalue weighted by Gasteiger charge is 2.21. The monoisotopic (exact) mass is 490 g/mol. The minimum absolute atomic E-state index is 0.0134. The predicted molar refractivity (Wildman–Crippen MR) is 139 cm³/mol. The minimum Gasteiger partial charge on any atom is -0.507 e. The maximum Gasteiger partial charge on any atom is 0.261 e. The van der Waals surface area contributed by atoms with Gasteiger partial charge in [0.2, 0.25) is 5.88 Å². The van der Waals surface area contributed by atoms with Gasteiger partial charge in [-0.05, 0) is 75.8 Å². The van der Waals surface area contributed by atoms with Crippen molar-refractivity contribution in [1.82, 2.24) is 4.98 Å². The largest absolute Gasteiger partial charge is 0.507 e. The second kappa shape index (κ2) is 12.4. The molecule has 1 fully saturated rings. The van der Waals surface area contributed by atoms with Crippen LogP contribution in [0.4, 0.5) is 5.69 Å². The van der Waals surface area contributed by atoms with E-state index in [0.717, 1.165) is 42.7 Å². The zero-order chi connectivity index (χ0) is 25.3. The normalized spacial score (nSPS) is 15.3. The number of rotatable bonds is 10. The Morgan fingerprint density at radius 2 is 1.86 bits per heavy atom. The van der Waals surface area contributed by atoms with Gasteiger partial charge in [-0.15, -0.1) is 0 Å². The predicted octanol–water partition coefficient (Wildman–Crippen LogP) is 5.48. The summed E-state index contributed by atoms with van der Waals surface area (Å²) in [6.07, 6.45) is 4.22. The van der Waals surface area contributed by atoms with Gasteiger partial charge in [0.25, 0.3) is 5.91 Å². The molecule has 1 unspecified atom stereocenters. The Morgan fingerprint density at radius 3 is 2.56 bits per heavy atom. The number of anilines is 1. The summed E-state index contributed by atoms with van der Waals surface area (Å²) in [6.45, 7) is 5.64. The number of hydrogen-bond donors (Lipinski definition) is 2. The molecule has 2 aromatic carbocycles. The van der Waals surface area contributed by atoms with Crippen LogP contribution in [0.5, 0.6) is 17.4 Å². The molecule has 1 atom stereocenters. The fourth-order valence-corrected chi connectivity index (χ4v) is 4.19. The van der Waals surface area contributed by atoms with Gasteiger partial charge in [0, 0.05) is 18.4 Å². The number of carbonyl (C=O) groups excluding carboxylic acids is 1. The van der Waals surface area contributed by atoms with Crippen molar-refractivity contribution in [3.8, 4) is 17.4 Å². The molecule has 0 saturated carbocycles. The van der Waals surface area contributed by atoms with E-state index in [4.69, 9.17) is 14.2 Å². The topological polar surface area (TPSA) is 89.9 Å². The van der Waals surface area contributed by atoms with Gasteiger partial charge in [-0.25, -0.2) is 4.98 Å². The van der Waals surface area contributed by atoms with Crippen LogP contribution in [0.1, 0.15) is 53.4 Å². The van der Waals surface area contributed by atoms with Crippen LogP contribution in [0.2, 0.25) is 0 Å². The third kappa shape index (κ3) is 6.98. The van der Waals surface area contributed by atoms with Gasteiger partial charge in [-0.2, -0.15) is 0 Å². The number of pyridine rings is 1. The second-order valence-corrected chi connectivity index (χ2v) is 9.00. The molecule has 1 saturated heterocycles. The molecule has 1 aliphatic rings. The molecule has 0 bridgehead atoms. The van der Waals surface area contributed by atoms with E-state index in [1.807, 2.05) is 62.4 Å². The Hall–Kier alpha value is -3.58. The number of ether oxygens (including phenoxy) is 3. The summed E-state index contributed by atoms with van der Waals surface area (Å²) in [5.74, 6) is 0.536. The molecule has 0 radical (unpaired) electrons. The second-order valence-electron chi connectivity index (χ2n) is 9.00. The Kier molecular flexibility index (Phi) is 8.79. The Morgan fingerprint density at radius 1 is 1.08 bits per heavy atom. The first kappa shape index (κ1) is 25.5. The van der Waals surface area contributed by atoms with Crippen molar-refractivity contribution in [1.29, 1.82) is 0 Å². The van der Waals surface area contributed by atoms with Crippen LogP contribution in [0.25, 0.3) is 0 Å². The summed E-state index contributed by atoms with van der Waals surface area (Å²) < 4.78 is 17.1. The molecule has 1 aliphatic heterocycles. The van der Waals surface area contributed by atoms with Crippen LogP contribution in [0.15, 0.2) is 54.6 Å². The fourth-order valence-electron chi connectivity index (χ4n) is 4.19. The SMILES string of the molecule is CCOc1ccc(CCc2nc(OCC3CCCCO3)cc(O)c2C(=O)Nc2ccc(C)cc2)cc1. The van der Waals surface area contributed by atoms with E-state index in [9.17, 15) is 9.90 Å². The Bertz CT molecular complexity index is 1140. The number of aromatic nitrogens is 1. The highest BCUT2D eigenvalue weighted by Crippen LogP contribution is 2.28. The lowest BCUT2D eigenvalue weighted by Gasteiger charge is -2.22. The first-order valence-electron chi connectivity index (χ1n) is 12.6. The van der Waals surface area contributed by atoms with E-state index in [-0.39, 0.29) is 23.3 Å². The summed E-state index contributed by atoms with van der Waals surface area (Å²) in [6, 6.07) is 16.8. The third-order valence-corrected chi connectivity index (χ3v) is 6.16. The number of aromatic hydroxyl groups is 1. The number of carbonyl (C=O) groups is 1. The molecule has 3 aromatic rings. The standard InChI is InChI=1S/C29H34N2O5/c1-3-34-23-14-9-21(10-15-23)11-16-25-28(29(33)30-22-12-7-20(2)8-13-22)26(32)18-27(31-25)36-19-24-6-4-5-17-35-24/h7-10,12-15,18,24H,3-6,11,16-17,19H2,1-2H3,(H,30,33)(H,31,32). The van der Waals surface area contributed by atoms with Crippen LogP contribution >= 0.6 is 0 Å². The molecule has 1 aromatic heterocycles. The lowest BCUT2D eigenvalue weighted by atomic mass is 10.0. The van der Waals surface area contributed by atoms with Gasteiger partial charge in [0.1, 0.15) is 23.7 Å². The molecule has 1 amide bonds. The van der Waals surface area contributed by atoms with Gasteiger partial charge in [-0.3, -0.25) is 4.79 Å². The maximum absolute atomic E-state index is 13.2. The number of benzene rings is 2. The molecular formula is C29H34N2O5. The summed E-state index contributed by atoms with van der Waals surface area (Å²) >= 11 is 0. The van der Waals surface area contributed by atoms with Gasteiger partial charge in [0.15, 0.2) is 0 Å². The number of aryl methyl sites for hydroxylation is 3. The molecule has 2 N–H and O–H groups in total. The highest BCUT2D eigenvalue weighted by molar-refractivity contribution is 6.07. The number of nitrogens with one attached hydrogen (secondary N) is 1. The van der Waals surface area contributed by atoms with E-state index >= 15 is 0 Å². The lowest BCUT2D eigenvalue weighted by molar-refractivity contribution is -0.0120. The fraction of sp³-hybridized carbons (Fsp3) is 0.379. The van der Waals surface area contributed by atoms with Crippen molar-refractivity contribution in [2.45, 2.75) is 52.1 Å². The summed E-state index contributed by atoms with van der Waals surface area (Å²) in [5, 5.41) is 13.7. The molecule has 0 spiro atoms. The van der Waals surface area contributed by atoms with Crippen molar-refractivity contribution in [2.24, 2.45) is 0 Å². The average molecular weight is 491 g/mol. The van der Waals surface area contributed by atoms with E-state index < -0.39 is 5.91 Å². The highest BCUT2D eigenvalue weighted by atomic mass is 16.5. The first-order valence-corrected chi connectivity index (χ1v) is 12.6. The van der Waals surface area contributed by atoms with Crippen molar-refractivity contribution in [3.63, 3.8) is 0 Å². The quantitative estimate of drug-likeness (QED) is 0.391. The van der Waals surface area contributed by atoms with Crippen molar-refractivity contribution < 1.29 is 24.1 Å². The lowest BCUT2D eigenvalue weighted by Crippen LogP contribution is -2.26. The summed E-state index contributed by atoms with van der Waals surface area (Å²) in [4.78, 5) is 17.8. The molecule has 7 nitrogen and oxygen atoms in total. The molecule has 190 valence electrons. The first-order chi connectivity index (χ1) is 17.5. The zero-order valence-corrected chi connectivity index (χ0v) is 21.0. The van der Waals surface area contributed by atoms with Crippen LogP contribution in [0.3, 0.4) is 0 Å². The molecule has 36 heavy (non-hydrogen) atoms. The maximum atomic E-state index is 13.2. The van der Waals surface area contributed by atoms with Crippen molar-refractivity contribution in [3.05, 3.63) is 77.0 Å². The van der Waals surface area contributed by atoms with Crippen molar-refractivity contribution in [2.75, 3.05) is 25.1 Å². The van der Waals surface area contributed by atoms with Crippen LogP contribution in [-0.2, 0) is 17.6 Å². The smallest absolute Gasteiger partial charge is 0.261 e. The number of amides is 1. The molecule has 4 rings (SSSR count). The molecular weight excluding hydrogens is 456 g/mol. The van der Waals surface area contributed by atoms with Gasteiger partial charge in [-0.1, -0.05) is 29.8 Å². The summed E-state index contributed by atoms with van der Waals surface area (Å²) in [5.41, 5.74) is 3.46. The van der Waals surface area contributed by atoms with Crippen molar-refractivity contribution >= 4 is 11.6 Å². The number of nitrogens with zero attached hydrogens (tertiary/aromatic N) is 1. The molecule has 0 aliphatic carbocycles. The van der Waals surface area contributed by atoms with Crippen LogP contribution in [-0.4, -0.2) is 41.9 Å². The van der Waals surface area contributed by atoms with Crippen LogP contribution < -0.4 is 14.8 Å². The van der Waals surface area contributed by atoms with Crippen LogP contribution in [0, 0.1) is 6.92 Å². The third-order valence-electron chi connectivity index (χ3n) is 6.16. The number of hydrogen-bond acceptors (Lipinski definition) is 6. The molecule has 7 heteroatoms. The Balaban J connectivity index is 1.54. The van der Waals surface area contributed by atoms with E-state index in [1.54, 1.807) is 0 Å². The van der Waals surface area contributed by atoms with E-state index in [1.165, 1.54) is 6.07 Å². The van der Waals surface area contributed by atoms with E-state index in [2.05, 4.69) is 10.3 Å². The van der Waals surface area contributed by atoms with Gasteiger partial charge < -0.3 is 24.6 Å². The van der Waals surface area contributed by atoms with E-state index in [0.29, 0.717) is 37.4 Å². The average Bonchev–Trinajstić information content (AvgIpc) is 2.89. The Labute approximate surface area is 212 Å².